The third-order valence-corrected chi connectivity index (χ3v) is 6.30. The maximum atomic E-state index is 13.0. The molecule has 5 nitrogen and oxygen atoms in total. The lowest BCUT2D eigenvalue weighted by Crippen LogP contribution is -2.35. The van der Waals surface area contributed by atoms with Crippen LogP contribution in [0.4, 0.5) is 0 Å². The minimum absolute atomic E-state index is 0.181. The zero-order valence-corrected chi connectivity index (χ0v) is 12.9. The summed E-state index contributed by atoms with van der Waals surface area (Å²) in [4.78, 5) is 0.310. The van der Waals surface area contributed by atoms with Crippen LogP contribution in [-0.4, -0.2) is 25.3 Å². The van der Waals surface area contributed by atoms with Crippen molar-refractivity contribution in [2.45, 2.75) is 57.0 Å². The van der Waals surface area contributed by atoms with Gasteiger partial charge in [-0.25, -0.2) is 8.42 Å². The first-order chi connectivity index (χ1) is 9.45. The quantitative estimate of drug-likeness (QED) is 0.870. The highest BCUT2D eigenvalue weighted by atomic mass is 32.2. The first-order valence-corrected chi connectivity index (χ1v) is 8.70. The van der Waals surface area contributed by atoms with E-state index in [1.807, 2.05) is 0 Å². The zero-order chi connectivity index (χ0) is 14.5. The van der Waals surface area contributed by atoms with Crippen molar-refractivity contribution in [3.63, 3.8) is 0 Å². The number of sulfonamides is 1. The third kappa shape index (κ3) is 2.40. The Morgan fingerprint density at radius 1 is 1.20 bits per heavy atom. The third-order valence-electron chi connectivity index (χ3n) is 4.19. The second-order valence-electron chi connectivity index (χ2n) is 5.98. The number of hydrogen-bond donors (Lipinski definition) is 1. The van der Waals surface area contributed by atoms with E-state index in [0.717, 1.165) is 25.7 Å². The molecule has 0 saturated heterocycles. The Kier molecular flexibility index (Phi) is 3.43. The Morgan fingerprint density at radius 2 is 1.85 bits per heavy atom. The number of furan rings is 1. The first kappa shape index (κ1) is 14.1. The van der Waals surface area contributed by atoms with Gasteiger partial charge in [0.25, 0.3) is 0 Å². The molecule has 0 aliphatic heterocycles. The second-order valence-corrected chi connectivity index (χ2v) is 7.80. The molecule has 0 aromatic carbocycles. The Bertz CT molecular complexity index is 613. The van der Waals surface area contributed by atoms with Crippen LogP contribution < -0.4 is 5.73 Å². The van der Waals surface area contributed by atoms with Crippen LogP contribution in [0.1, 0.15) is 42.8 Å². The Morgan fingerprint density at radius 3 is 2.35 bits per heavy atom. The first-order valence-electron chi connectivity index (χ1n) is 7.26. The molecule has 0 bridgehead atoms. The van der Waals surface area contributed by atoms with E-state index in [1.54, 1.807) is 18.2 Å². The maximum Gasteiger partial charge on any atom is 0.247 e. The summed E-state index contributed by atoms with van der Waals surface area (Å²) in [5.74, 6) is 1.62. The van der Waals surface area contributed by atoms with Crippen LogP contribution in [0.3, 0.4) is 0 Å². The molecule has 3 rings (SSSR count). The summed E-state index contributed by atoms with van der Waals surface area (Å²) in [5, 5.41) is 0. The lowest BCUT2D eigenvalue weighted by atomic mass is 10.2. The highest BCUT2D eigenvalue weighted by Crippen LogP contribution is 2.39. The standard InChI is InChI=1S/C14H22N2O3S/c1-9-13(7-15)14(10(2)19-9)20(17,18)16(12-5-6-12)8-11-3-4-11/h11-12H,3-8,15H2,1-2H3. The average Bonchev–Trinajstić information content (AvgIpc) is 3.24. The molecule has 0 amide bonds. The summed E-state index contributed by atoms with van der Waals surface area (Å²) in [6.07, 6.45) is 4.23. The summed E-state index contributed by atoms with van der Waals surface area (Å²) in [5.41, 5.74) is 6.35. The van der Waals surface area contributed by atoms with E-state index in [4.69, 9.17) is 10.2 Å². The largest absolute Gasteiger partial charge is 0.465 e. The van der Waals surface area contributed by atoms with E-state index in [9.17, 15) is 8.42 Å². The average molecular weight is 298 g/mol. The number of hydrogen-bond acceptors (Lipinski definition) is 4. The Balaban J connectivity index is 2.01. The molecular weight excluding hydrogens is 276 g/mol. The molecule has 1 aromatic rings. The molecule has 0 unspecified atom stereocenters. The SMILES string of the molecule is Cc1oc(C)c(S(=O)(=O)N(CC2CC2)C2CC2)c1CN. The van der Waals surface area contributed by atoms with Gasteiger partial charge in [0.2, 0.25) is 10.0 Å². The van der Waals surface area contributed by atoms with E-state index in [2.05, 4.69) is 0 Å². The van der Waals surface area contributed by atoms with Crippen LogP contribution in [0.25, 0.3) is 0 Å². The van der Waals surface area contributed by atoms with Gasteiger partial charge in [0, 0.05) is 24.7 Å². The van der Waals surface area contributed by atoms with Crippen molar-refractivity contribution >= 4 is 10.0 Å². The van der Waals surface area contributed by atoms with Crippen molar-refractivity contribution in [3.8, 4) is 0 Å². The van der Waals surface area contributed by atoms with Crippen LogP contribution in [0.15, 0.2) is 9.31 Å². The monoisotopic (exact) mass is 298 g/mol. The molecule has 6 heteroatoms. The van der Waals surface area contributed by atoms with Crippen LogP contribution >= 0.6 is 0 Å². The van der Waals surface area contributed by atoms with Gasteiger partial charge in [-0.2, -0.15) is 4.31 Å². The smallest absolute Gasteiger partial charge is 0.247 e. The van der Waals surface area contributed by atoms with Gasteiger partial charge in [0.15, 0.2) is 0 Å². The van der Waals surface area contributed by atoms with Gasteiger partial charge in [-0.1, -0.05) is 0 Å². The van der Waals surface area contributed by atoms with Gasteiger partial charge in [-0.15, -0.1) is 0 Å². The number of nitrogens with zero attached hydrogens (tertiary/aromatic N) is 1. The lowest BCUT2D eigenvalue weighted by molar-refractivity contribution is 0.387. The summed E-state index contributed by atoms with van der Waals surface area (Å²) in [7, 11) is -3.49. The summed E-state index contributed by atoms with van der Waals surface area (Å²) in [6.45, 7) is 4.33. The minimum Gasteiger partial charge on any atom is -0.465 e. The van der Waals surface area contributed by atoms with Crippen molar-refractivity contribution in [2.24, 2.45) is 11.7 Å². The maximum absolute atomic E-state index is 13.0. The highest BCUT2D eigenvalue weighted by molar-refractivity contribution is 7.89. The Labute approximate surface area is 120 Å². The predicted molar refractivity (Wildman–Crippen MR) is 75.7 cm³/mol. The fourth-order valence-corrected chi connectivity index (χ4v) is 4.95. The molecular formula is C14H22N2O3S. The van der Waals surface area contributed by atoms with E-state index in [-0.39, 0.29) is 12.6 Å². The number of aryl methyl sites for hydroxylation is 2. The van der Waals surface area contributed by atoms with Gasteiger partial charge in [-0.05, 0) is 45.4 Å². The molecule has 20 heavy (non-hydrogen) atoms. The van der Waals surface area contributed by atoms with Gasteiger partial charge in [-0.3, -0.25) is 0 Å². The molecule has 1 aromatic heterocycles. The van der Waals surface area contributed by atoms with E-state index in [0.29, 0.717) is 34.4 Å². The number of rotatable bonds is 6. The molecule has 2 aliphatic rings. The topological polar surface area (TPSA) is 76.5 Å². The molecule has 2 N–H and O–H groups in total. The van der Waals surface area contributed by atoms with Gasteiger partial charge >= 0.3 is 0 Å². The van der Waals surface area contributed by atoms with E-state index >= 15 is 0 Å². The van der Waals surface area contributed by atoms with Crippen molar-refractivity contribution in [2.75, 3.05) is 6.54 Å². The summed E-state index contributed by atoms with van der Waals surface area (Å²) < 4.78 is 33.2. The van der Waals surface area contributed by atoms with E-state index < -0.39 is 10.0 Å². The van der Waals surface area contributed by atoms with Crippen molar-refractivity contribution < 1.29 is 12.8 Å². The second kappa shape index (κ2) is 4.86. The van der Waals surface area contributed by atoms with Crippen molar-refractivity contribution in [3.05, 3.63) is 17.1 Å². The predicted octanol–water partition coefficient (Wildman–Crippen LogP) is 1.92. The fourth-order valence-electron chi connectivity index (χ4n) is 2.76. The molecule has 2 saturated carbocycles. The summed E-state index contributed by atoms with van der Waals surface area (Å²) >= 11 is 0. The van der Waals surface area contributed by atoms with Gasteiger partial charge in [0.05, 0.1) is 0 Å². The Hall–Kier alpha value is -0.850. The highest BCUT2D eigenvalue weighted by Gasteiger charge is 2.43. The minimum atomic E-state index is -3.49. The molecule has 112 valence electrons. The molecule has 2 fully saturated rings. The normalized spacial score (nSPS) is 19.8. The van der Waals surface area contributed by atoms with Crippen LogP contribution in [0, 0.1) is 19.8 Å². The molecule has 0 spiro atoms. The van der Waals surface area contributed by atoms with Crippen LogP contribution in [0.2, 0.25) is 0 Å². The molecule has 0 radical (unpaired) electrons. The fraction of sp³-hybridized carbons (Fsp3) is 0.714. The van der Waals surface area contributed by atoms with Gasteiger partial charge in [0.1, 0.15) is 16.4 Å². The van der Waals surface area contributed by atoms with E-state index in [1.165, 1.54) is 0 Å². The van der Waals surface area contributed by atoms with Gasteiger partial charge < -0.3 is 10.2 Å². The summed E-state index contributed by atoms with van der Waals surface area (Å²) in [6, 6.07) is 0.181. The zero-order valence-electron chi connectivity index (χ0n) is 12.1. The molecule has 1 heterocycles. The van der Waals surface area contributed by atoms with Crippen LogP contribution in [-0.2, 0) is 16.6 Å². The lowest BCUT2D eigenvalue weighted by Gasteiger charge is -2.22. The van der Waals surface area contributed by atoms with Crippen molar-refractivity contribution in [1.29, 1.82) is 0 Å². The van der Waals surface area contributed by atoms with Crippen LogP contribution in [0.5, 0.6) is 0 Å². The van der Waals surface area contributed by atoms with Crippen molar-refractivity contribution in [1.82, 2.24) is 4.31 Å². The number of nitrogens with two attached hydrogens (primary N) is 1. The molecule has 2 aliphatic carbocycles. The molecule has 0 atom stereocenters.